The van der Waals surface area contributed by atoms with Gasteiger partial charge >= 0.3 is 0 Å². The minimum Gasteiger partial charge on any atom is -0.394 e. The minimum atomic E-state index is -0.762. The van der Waals surface area contributed by atoms with Crippen molar-refractivity contribution in [3.05, 3.63) is 0 Å². The summed E-state index contributed by atoms with van der Waals surface area (Å²) in [5.74, 6) is 0. The fraction of sp³-hybridized carbons (Fsp3) is 0.800. The number of aliphatic hydroxyl groups is 2. The summed E-state index contributed by atoms with van der Waals surface area (Å²) in [6.07, 6.45) is 0.879. The molecule has 0 amide bonds. The van der Waals surface area contributed by atoms with Crippen molar-refractivity contribution in [3.63, 3.8) is 0 Å². The van der Waals surface area contributed by atoms with Gasteiger partial charge < -0.3 is 10.2 Å². The van der Waals surface area contributed by atoms with E-state index in [0.717, 1.165) is 0 Å². The zero-order valence-corrected chi connectivity index (χ0v) is 4.95. The molecule has 4 heteroatoms. The lowest BCUT2D eigenvalue weighted by Crippen LogP contribution is -2.12. The topological polar surface area (TPSA) is 69.9 Å². The Morgan fingerprint density at radius 1 is 1.67 bits per heavy atom. The van der Waals surface area contributed by atoms with Crippen LogP contribution in [0.2, 0.25) is 0 Å². The highest BCUT2D eigenvalue weighted by Gasteiger charge is 1.98. The van der Waals surface area contributed by atoms with Gasteiger partial charge in [0, 0.05) is 0 Å². The lowest BCUT2D eigenvalue weighted by atomic mass is 10.3. The maximum absolute atomic E-state index is 9.44. The Hall–Kier alpha value is -0.700. The Kier molecular flexibility index (Phi) is 5.01. The summed E-state index contributed by atoms with van der Waals surface area (Å²) in [5, 5.41) is 16.9. The van der Waals surface area contributed by atoms with Crippen LogP contribution in [0.5, 0.6) is 0 Å². The van der Waals surface area contributed by atoms with Gasteiger partial charge in [0.05, 0.1) is 19.3 Å². The van der Waals surface area contributed by atoms with Crippen LogP contribution >= 0.6 is 0 Å². The van der Waals surface area contributed by atoms with E-state index in [1.165, 1.54) is 6.08 Å². The van der Waals surface area contributed by atoms with E-state index in [1.54, 1.807) is 0 Å². The summed E-state index contributed by atoms with van der Waals surface area (Å²) in [6.45, 7) is -0.0559. The first-order chi connectivity index (χ1) is 4.31. The summed E-state index contributed by atoms with van der Waals surface area (Å²) in [4.78, 5) is 12.6. The van der Waals surface area contributed by atoms with Gasteiger partial charge in [-0.2, -0.15) is 0 Å². The Morgan fingerprint density at radius 2 is 2.33 bits per heavy atom. The van der Waals surface area contributed by atoms with Gasteiger partial charge in [0.25, 0.3) is 0 Å². The van der Waals surface area contributed by atoms with Crippen LogP contribution in [0.1, 0.15) is 6.42 Å². The van der Waals surface area contributed by atoms with Crippen LogP contribution in [0.15, 0.2) is 4.99 Å². The van der Waals surface area contributed by atoms with Crippen molar-refractivity contribution in [2.75, 3.05) is 13.2 Å². The second-order valence-electron chi connectivity index (χ2n) is 1.60. The van der Waals surface area contributed by atoms with Crippen molar-refractivity contribution in [3.8, 4) is 0 Å². The number of isocyanates is 1. The van der Waals surface area contributed by atoms with E-state index in [9.17, 15) is 4.79 Å². The lowest BCUT2D eigenvalue weighted by molar-refractivity contribution is 0.0903. The molecule has 0 heterocycles. The van der Waals surface area contributed by atoms with E-state index in [0.29, 0.717) is 6.42 Å². The van der Waals surface area contributed by atoms with Gasteiger partial charge in [-0.05, 0) is 6.42 Å². The quantitative estimate of drug-likeness (QED) is 0.382. The van der Waals surface area contributed by atoms with Crippen LogP contribution in [0, 0.1) is 0 Å². The predicted octanol–water partition coefficient (Wildman–Crippen LogP) is -0.935. The highest BCUT2D eigenvalue weighted by atomic mass is 16.3. The third kappa shape index (κ3) is 5.17. The average molecular weight is 131 g/mol. The van der Waals surface area contributed by atoms with Crippen LogP contribution in [0.3, 0.4) is 0 Å². The predicted molar refractivity (Wildman–Crippen MR) is 30.7 cm³/mol. The first kappa shape index (κ1) is 8.30. The normalized spacial score (nSPS) is 12.2. The second-order valence-corrected chi connectivity index (χ2v) is 1.60. The van der Waals surface area contributed by atoms with Gasteiger partial charge in [0.15, 0.2) is 0 Å². The van der Waals surface area contributed by atoms with Crippen molar-refractivity contribution in [2.45, 2.75) is 12.5 Å². The van der Waals surface area contributed by atoms with Crippen molar-refractivity contribution in [2.24, 2.45) is 4.99 Å². The highest BCUT2D eigenvalue weighted by molar-refractivity contribution is 5.32. The molecule has 0 saturated heterocycles. The number of aliphatic hydroxyl groups excluding tert-OH is 2. The van der Waals surface area contributed by atoms with Crippen molar-refractivity contribution < 1.29 is 15.0 Å². The van der Waals surface area contributed by atoms with Gasteiger partial charge in [-0.3, -0.25) is 0 Å². The van der Waals surface area contributed by atoms with E-state index < -0.39 is 6.10 Å². The fourth-order valence-corrected chi connectivity index (χ4v) is 0.351. The van der Waals surface area contributed by atoms with Gasteiger partial charge in [-0.15, -0.1) is 0 Å². The lowest BCUT2D eigenvalue weighted by Gasteiger charge is -2.00. The summed E-state index contributed by atoms with van der Waals surface area (Å²) in [5.41, 5.74) is 0. The number of hydrogen-bond acceptors (Lipinski definition) is 4. The molecule has 0 aromatic rings. The molecule has 9 heavy (non-hydrogen) atoms. The molecular formula is C5H9NO3. The Balaban J connectivity index is 3.16. The summed E-state index contributed by atoms with van der Waals surface area (Å²) in [6, 6.07) is 0. The molecular weight excluding hydrogens is 122 g/mol. The van der Waals surface area contributed by atoms with Crippen LogP contribution in [-0.2, 0) is 4.79 Å². The molecule has 0 fully saturated rings. The monoisotopic (exact) mass is 131 g/mol. The summed E-state index contributed by atoms with van der Waals surface area (Å²) < 4.78 is 0. The third-order valence-corrected chi connectivity index (χ3v) is 0.849. The van der Waals surface area contributed by atoms with Crippen LogP contribution in [-0.4, -0.2) is 35.5 Å². The van der Waals surface area contributed by atoms with Gasteiger partial charge in [-0.1, -0.05) is 0 Å². The second kappa shape index (κ2) is 5.44. The molecule has 0 spiro atoms. The minimum absolute atomic E-state index is 0.227. The first-order valence-electron chi connectivity index (χ1n) is 2.63. The standard InChI is InChI=1S/C5H9NO3/c7-3-5(9)1-2-6-4-8/h5,7,9H,1-3H2. The van der Waals surface area contributed by atoms with Gasteiger partial charge in [0.2, 0.25) is 6.08 Å². The van der Waals surface area contributed by atoms with E-state index in [-0.39, 0.29) is 13.2 Å². The molecule has 1 atom stereocenters. The molecule has 0 aliphatic rings. The first-order valence-corrected chi connectivity index (χ1v) is 2.63. The Morgan fingerprint density at radius 3 is 2.78 bits per heavy atom. The zero-order chi connectivity index (χ0) is 7.11. The molecule has 0 aliphatic carbocycles. The van der Waals surface area contributed by atoms with E-state index in [1.807, 2.05) is 0 Å². The molecule has 0 rings (SSSR count). The third-order valence-electron chi connectivity index (χ3n) is 0.849. The number of rotatable bonds is 4. The Labute approximate surface area is 52.8 Å². The maximum Gasteiger partial charge on any atom is 0.234 e. The van der Waals surface area contributed by atoms with E-state index in [2.05, 4.69) is 4.99 Å². The SMILES string of the molecule is O=C=NCCC(O)CO. The number of carbonyl (C=O) groups excluding carboxylic acids is 1. The Bertz CT molecular complexity index is 109. The number of hydrogen-bond donors (Lipinski definition) is 2. The molecule has 0 radical (unpaired) electrons. The molecule has 1 unspecified atom stereocenters. The average Bonchev–Trinajstić information content (AvgIpc) is 1.89. The molecule has 2 N–H and O–H groups in total. The maximum atomic E-state index is 9.44. The summed E-state index contributed by atoms with van der Waals surface area (Å²) >= 11 is 0. The summed E-state index contributed by atoms with van der Waals surface area (Å²) in [7, 11) is 0. The molecule has 0 aromatic heterocycles. The molecule has 52 valence electrons. The van der Waals surface area contributed by atoms with Crippen LogP contribution in [0.25, 0.3) is 0 Å². The molecule has 0 saturated carbocycles. The van der Waals surface area contributed by atoms with Crippen molar-refractivity contribution in [1.82, 2.24) is 0 Å². The van der Waals surface area contributed by atoms with Gasteiger partial charge in [-0.25, -0.2) is 9.79 Å². The zero-order valence-electron chi connectivity index (χ0n) is 4.95. The largest absolute Gasteiger partial charge is 0.394 e. The molecule has 0 aromatic carbocycles. The smallest absolute Gasteiger partial charge is 0.234 e. The number of aliphatic imine (C=N–C) groups is 1. The van der Waals surface area contributed by atoms with Crippen molar-refractivity contribution >= 4 is 6.08 Å². The van der Waals surface area contributed by atoms with Crippen molar-refractivity contribution in [1.29, 1.82) is 0 Å². The molecule has 4 nitrogen and oxygen atoms in total. The fourth-order valence-electron chi connectivity index (χ4n) is 0.351. The van der Waals surface area contributed by atoms with Crippen LogP contribution < -0.4 is 0 Å². The van der Waals surface area contributed by atoms with Crippen LogP contribution in [0.4, 0.5) is 0 Å². The number of nitrogens with zero attached hydrogens (tertiary/aromatic N) is 1. The van der Waals surface area contributed by atoms with E-state index >= 15 is 0 Å². The van der Waals surface area contributed by atoms with Gasteiger partial charge in [0.1, 0.15) is 0 Å². The molecule has 0 bridgehead atoms. The van der Waals surface area contributed by atoms with E-state index in [4.69, 9.17) is 10.2 Å². The highest BCUT2D eigenvalue weighted by Crippen LogP contribution is 1.88. The molecule has 0 aliphatic heterocycles.